The molecule has 2 N–H and O–H groups in total. The van der Waals surface area contributed by atoms with Crippen LogP contribution < -0.4 is 5.32 Å². The molecule has 0 fully saturated rings. The van der Waals surface area contributed by atoms with Crippen LogP contribution in [0.3, 0.4) is 0 Å². The molecule has 0 saturated heterocycles. The number of rotatable bonds is 9. The number of nitrogens with one attached hydrogen (secondary N) is 1. The minimum Gasteiger partial charge on any atom is -0.481 e. The smallest absolute Gasteiger partial charge is 0.304 e. The molecule has 3 aromatic heterocycles. The van der Waals surface area contributed by atoms with Crippen molar-refractivity contribution in [3.63, 3.8) is 0 Å². The SMILES string of the molecule is Cl.O=C(O)CC(Cc1nc(CCCc2ccc3c(n2)NCCC3)no1)c1ccco1. The van der Waals surface area contributed by atoms with Crippen molar-refractivity contribution in [2.75, 3.05) is 11.9 Å². The largest absolute Gasteiger partial charge is 0.481 e. The number of carboxylic acid groups (broad SMARTS) is 1. The molecule has 0 saturated carbocycles. The van der Waals surface area contributed by atoms with E-state index in [0.717, 1.165) is 43.7 Å². The molecule has 0 aliphatic carbocycles. The fraction of sp³-hybridized carbons (Fsp3) is 0.429. The number of aromatic nitrogens is 3. The Hall–Kier alpha value is -2.87. The standard InChI is InChI=1S/C21H24N4O4.ClH/c26-20(27)13-15(17-6-3-11-28-17)12-19-24-18(25-29-19)7-1-5-16-9-8-14-4-2-10-22-21(14)23-16;/h3,6,8-9,11,15H,1-2,4-5,7,10,12-13H2,(H,22,23)(H,26,27);1H. The summed E-state index contributed by atoms with van der Waals surface area (Å²) in [5.41, 5.74) is 2.34. The fourth-order valence-electron chi connectivity index (χ4n) is 3.63. The first-order chi connectivity index (χ1) is 14.2. The third kappa shape index (κ3) is 5.60. The second kappa shape index (κ2) is 10.2. The zero-order valence-corrected chi connectivity index (χ0v) is 17.4. The summed E-state index contributed by atoms with van der Waals surface area (Å²) in [6.07, 6.45) is 6.44. The van der Waals surface area contributed by atoms with E-state index in [1.165, 1.54) is 11.8 Å². The number of hydrogen-bond donors (Lipinski definition) is 2. The first kappa shape index (κ1) is 21.8. The van der Waals surface area contributed by atoms with Crippen LogP contribution >= 0.6 is 12.4 Å². The van der Waals surface area contributed by atoms with E-state index in [9.17, 15) is 4.79 Å². The van der Waals surface area contributed by atoms with Crippen molar-refractivity contribution < 1.29 is 18.8 Å². The van der Waals surface area contributed by atoms with Crippen LogP contribution in [0, 0.1) is 0 Å². The van der Waals surface area contributed by atoms with Gasteiger partial charge in [-0.2, -0.15) is 4.98 Å². The van der Waals surface area contributed by atoms with Gasteiger partial charge in [0.1, 0.15) is 11.6 Å². The minimum absolute atomic E-state index is 0. The Morgan fingerprint density at radius 3 is 2.93 bits per heavy atom. The second-order valence-electron chi connectivity index (χ2n) is 7.31. The number of carbonyl (C=O) groups is 1. The van der Waals surface area contributed by atoms with Gasteiger partial charge in [0, 0.05) is 31.0 Å². The Kier molecular flexibility index (Phi) is 7.46. The highest BCUT2D eigenvalue weighted by atomic mass is 35.5. The van der Waals surface area contributed by atoms with Gasteiger partial charge in [-0.15, -0.1) is 12.4 Å². The molecule has 0 radical (unpaired) electrons. The molecule has 0 bridgehead atoms. The number of halogens is 1. The Labute approximate surface area is 180 Å². The van der Waals surface area contributed by atoms with Crippen molar-refractivity contribution in [2.45, 2.75) is 50.9 Å². The van der Waals surface area contributed by atoms with E-state index in [-0.39, 0.29) is 24.7 Å². The Morgan fingerprint density at radius 1 is 1.23 bits per heavy atom. The monoisotopic (exact) mass is 432 g/mol. The van der Waals surface area contributed by atoms with Gasteiger partial charge in [-0.25, -0.2) is 4.98 Å². The van der Waals surface area contributed by atoms with Gasteiger partial charge in [-0.3, -0.25) is 4.79 Å². The quantitative estimate of drug-likeness (QED) is 0.524. The topological polar surface area (TPSA) is 114 Å². The molecule has 8 nitrogen and oxygen atoms in total. The van der Waals surface area contributed by atoms with Crippen molar-refractivity contribution in [1.29, 1.82) is 0 Å². The number of furan rings is 1. The van der Waals surface area contributed by atoms with Gasteiger partial charge in [-0.05, 0) is 49.4 Å². The van der Waals surface area contributed by atoms with E-state index in [1.807, 2.05) is 0 Å². The summed E-state index contributed by atoms with van der Waals surface area (Å²) < 4.78 is 10.7. The minimum atomic E-state index is -0.891. The summed E-state index contributed by atoms with van der Waals surface area (Å²) in [6, 6.07) is 7.76. The Balaban J connectivity index is 0.00000256. The van der Waals surface area contributed by atoms with E-state index in [0.29, 0.717) is 30.3 Å². The number of anilines is 1. The first-order valence-corrected chi connectivity index (χ1v) is 9.96. The molecule has 30 heavy (non-hydrogen) atoms. The number of carboxylic acids is 1. The lowest BCUT2D eigenvalue weighted by Gasteiger charge is -2.17. The molecule has 3 aromatic rings. The summed E-state index contributed by atoms with van der Waals surface area (Å²) in [5, 5.41) is 16.5. The van der Waals surface area contributed by atoms with Crippen molar-refractivity contribution >= 4 is 24.2 Å². The van der Waals surface area contributed by atoms with Gasteiger partial charge < -0.3 is 19.4 Å². The predicted molar refractivity (Wildman–Crippen MR) is 112 cm³/mol. The van der Waals surface area contributed by atoms with E-state index < -0.39 is 5.97 Å². The highest BCUT2D eigenvalue weighted by Gasteiger charge is 2.22. The van der Waals surface area contributed by atoms with Crippen LogP contribution in [-0.2, 0) is 30.5 Å². The van der Waals surface area contributed by atoms with E-state index in [1.54, 1.807) is 12.1 Å². The lowest BCUT2D eigenvalue weighted by atomic mass is 9.98. The van der Waals surface area contributed by atoms with Crippen molar-refractivity contribution in [2.24, 2.45) is 0 Å². The van der Waals surface area contributed by atoms with Gasteiger partial charge in [0.25, 0.3) is 0 Å². The normalized spacial score (nSPS) is 13.7. The molecule has 0 aromatic carbocycles. The Morgan fingerprint density at radius 2 is 2.13 bits per heavy atom. The molecule has 9 heteroatoms. The summed E-state index contributed by atoms with van der Waals surface area (Å²) in [4.78, 5) is 20.3. The average Bonchev–Trinajstić information content (AvgIpc) is 3.39. The fourth-order valence-corrected chi connectivity index (χ4v) is 3.63. The lowest BCUT2D eigenvalue weighted by molar-refractivity contribution is -0.137. The molecule has 1 aliphatic heterocycles. The summed E-state index contributed by atoms with van der Waals surface area (Å²) in [5.74, 6) is 1.46. The van der Waals surface area contributed by atoms with Gasteiger partial charge in [0.15, 0.2) is 5.82 Å². The number of hydrogen-bond acceptors (Lipinski definition) is 7. The molecule has 0 spiro atoms. The molecule has 4 rings (SSSR count). The van der Waals surface area contributed by atoms with Crippen molar-refractivity contribution in [1.82, 2.24) is 15.1 Å². The zero-order chi connectivity index (χ0) is 20.1. The maximum Gasteiger partial charge on any atom is 0.304 e. The number of fused-ring (bicyclic) bond motifs is 1. The van der Waals surface area contributed by atoms with Crippen LogP contribution in [0.5, 0.6) is 0 Å². The van der Waals surface area contributed by atoms with Crippen LogP contribution in [-0.4, -0.2) is 32.7 Å². The second-order valence-corrected chi connectivity index (χ2v) is 7.31. The van der Waals surface area contributed by atoms with Gasteiger partial charge >= 0.3 is 5.97 Å². The van der Waals surface area contributed by atoms with Crippen molar-refractivity contribution in [3.8, 4) is 0 Å². The number of nitrogens with zero attached hydrogens (tertiary/aromatic N) is 3. The van der Waals surface area contributed by atoms with E-state index >= 15 is 0 Å². The first-order valence-electron chi connectivity index (χ1n) is 9.96. The number of pyridine rings is 1. The van der Waals surface area contributed by atoms with Gasteiger partial charge in [0.05, 0.1) is 12.7 Å². The zero-order valence-electron chi connectivity index (χ0n) is 16.5. The van der Waals surface area contributed by atoms with Crippen molar-refractivity contribution in [3.05, 3.63) is 59.3 Å². The molecule has 0 amide bonds. The van der Waals surface area contributed by atoms with Crippen LogP contribution in [0.4, 0.5) is 5.82 Å². The number of aliphatic carboxylic acids is 1. The molecule has 1 atom stereocenters. The lowest BCUT2D eigenvalue weighted by Crippen LogP contribution is -2.14. The van der Waals surface area contributed by atoms with Crippen LogP contribution in [0.1, 0.15) is 53.9 Å². The summed E-state index contributed by atoms with van der Waals surface area (Å²) in [7, 11) is 0. The van der Waals surface area contributed by atoms with E-state index in [2.05, 4.69) is 27.6 Å². The van der Waals surface area contributed by atoms with Gasteiger partial charge in [0.2, 0.25) is 5.89 Å². The van der Waals surface area contributed by atoms with Crippen LogP contribution in [0.15, 0.2) is 39.5 Å². The van der Waals surface area contributed by atoms with Crippen LogP contribution in [0.2, 0.25) is 0 Å². The predicted octanol–water partition coefficient (Wildman–Crippen LogP) is 3.81. The molecule has 1 aliphatic rings. The maximum atomic E-state index is 11.1. The molecule has 1 unspecified atom stereocenters. The Bertz CT molecular complexity index is 958. The molecular formula is C21H25ClN4O4. The third-order valence-corrected chi connectivity index (χ3v) is 5.08. The van der Waals surface area contributed by atoms with Gasteiger partial charge in [-0.1, -0.05) is 11.2 Å². The highest BCUT2D eigenvalue weighted by molar-refractivity contribution is 5.85. The third-order valence-electron chi connectivity index (χ3n) is 5.08. The average molecular weight is 433 g/mol. The maximum absolute atomic E-state index is 11.1. The van der Waals surface area contributed by atoms with E-state index in [4.69, 9.17) is 19.0 Å². The molecule has 160 valence electrons. The number of aryl methyl sites for hydroxylation is 3. The molecular weight excluding hydrogens is 408 g/mol. The summed E-state index contributed by atoms with van der Waals surface area (Å²) >= 11 is 0. The highest BCUT2D eigenvalue weighted by Crippen LogP contribution is 2.25. The molecule has 4 heterocycles. The van der Waals surface area contributed by atoms with Crippen LogP contribution in [0.25, 0.3) is 0 Å². The summed E-state index contributed by atoms with van der Waals surface area (Å²) in [6.45, 7) is 0.982.